The van der Waals surface area contributed by atoms with Crippen LogP contribution in [-0.2, 0) is 9.53 Å². The molecule has 2 saturated carbocycles. The van der Waals surface area contributed by atoms with Crippen LogP contribution < -0.4 is 0 Å². The van der Waals surface area contributed by atoms with Gasteiger partial charge < -0.3 is 19.6 Å². The van der Waals surface area contributed by atoms with E-state index in [1.807, 2.05) is 4.90 Å². The Morgan fingerprint density at radius 2 is 1.64 bits per heavy atom. The molecule has 1 N–H and O–H groups in total. The third-order valence-electron chi connectivity index (χ3n) is 7.47. The third kappa shape index (κ3) is 6.17. The zero-order chi connectivity index (χ0) is 19.8. The molecule has 2 aliphatic carbocycles. The number of rotatable bonds is 8. The Morgan fingerprint density at radius 3 is 2.25 bits per heavy atom. The van der Waals surface area contributed by atoms with E-state index in [1.54, 1.807) is 0 Å². The van der Waals surface area contributed by atoms with Crippen molar-refractivity contribution in [3.05, 3.63) is 0 Å². The summed E-state index contributed by atoms with van der Waals surface area (Å²) in [5.74, 6) is 1.34. The molecule has 0 bridgehead atoms. The van der Waals surface area contributed by atoms with Crippen molar-refractivity contribution in [3.8, 4) is 0 Å². The van der Waals surface area contributed by atoms with Gasteiger partial charge in [0.15, 0.2) is 0 Å². The van der Waals surface area contributed by atoms with Crippen LogP contribution in [0.1, 0.15) is 77.6 Å². The maximum absolute atomic E-state index is 12.4. The first-order valence-electron chi connectivity index (χ1n) is 11.9. The van der Waals surface area contributed by atoms with Gasteiger partial charge in [-0.15, -0.1) is 0 Å². The second kappa shape index (κ2) is 11.5. The first-order chi connectivity index (χ1) is 13.7. The quantitative estimate of drug-likeness (QED) is 0.685. The summed E-state index contributed by atoms with van der Waals surface area (Å²) in [6.07, 6.45) is 13.8. The van der Waals surface area contributed by atoms with Crippen molar-refractivity contribution in [1.82, 2.24) is 9.80 Å². The van der Waals surface area contributed by atoms with Crippen LogP contribution in [0, 0.1) is 11.8 Å². The van der Waals surface area contributed by atoms with E-state index in [4.69, 9.17) is 4.74 Å². The van der Waals surface area contributed by atoms with Crippen molar-refractivity contribution in [2.24, 2.45) is 11.8 Å². The molecule has 0 aromatic carbocycles. The molecule has 0 spiro atoms. The van der Waals surface area contributed by atoms with Crippen molar-refractivity contribution >= 4 is 5.91 Å². The Bertz CT molecular complexity index is 451. The molecule has 5 nitrogen and oxygen atoms in total. The van der Waals surface area contributed by atoms with Crippen molar-refractivity contribution < 1.29 is 14.6 Å². The molecule has 0 atom stereocenters. The van der Waals surface area contributed by atoms with E-state index in [2.05, 4.69) is 11.8 Å². The maximum Gasteiger partial charge on any atom is 0.248 e. The fourth-order valence-corrected chi connectivity index (χ4v) is 5.72. The lowest BCUT2D eigenvalue weighted by molar-refractivity contribution is -0.138. The first kappa shape index (κ1) is 22.0. The molecule has 1 saturated heterocycles. The number of carbonyl (C=O) groups excluding carboxylic acids is 1. The summed E-state index contributed by atoms with van der Waals surface area (Å²) in [6, 6.07) is 1.05. The predicted octanol–water partition coefficient (Wildman–Crippen LogP) is 3.45. The van der Waals surface area contributed by atoms with Crippen molar-refractivity contribution in [2.45, 2.75) is 89.6 Å². The summed E-state index contributed by atoms with van der Waals surface area (Å²) < 4.78 is 5.62. The van der Waals surface area contributed by atoms with Crippen LogP contribution in [0.4, 0.5) is 0 Å². The molecule has 0 aromatic rings. The second-order valence-corrected chi connectivity index (χ2v) is 9.31. The number of aliphatic hydroxyl groups is 1. The summed E-state index contributed by atoms with van der Waals surface area (Å²) in [5.41, 5.74) is 0. The molecule has 1 aliphatic heterocycles. The molecule has 0 aromatic heterocycles. The van der Waals surface area contributed by atoms with Crippen LogP contribution in [0.5, 0.6) is 0 Å². The largest absolute Gasteiger partial charge is 0.387 e. The monoisotopic (exact) mass is 394 g/mol. The lowest BCUT2D eigenvalue weighted by atomic mass is 9.84. The number of ether oxygens (including phenoxy) is 1. The molecule has 1 amide bonds. The number of amides is 1. The highest BCUT2D eigenvalue weighted by molar-refractivity contribution is 5.77. The molecule has 3 fully saturated rings. The van der Waals surface area contributed by atoms with Crippen LogP contribution >= 0.6 is 0 Å². The molecule has 0 unspecified atom stereocenters. The van der Waals surface area contributed by atoms with E-state index < -0.39 is 0 Å². The highest BCUT2D eigenvalue weighted by Crippen LogP contribution is 2.31. The number of likely N-dealkylation sites (tertiary alicyclic amines) is 1. The topological polar surface area (TPSA) is 53.0 Å². The van der Waals surface area contributed by atoms with E-state index in [1.165, 1.54) is 57.8 Å². The molecule has 28 heavy (non-hydrogen) atoms. The minimum atomic E-state index is -0.337. The average Bonchev–Trinajstić information content (AvgIpc) is 2.77. The van der Waals surface area contributed by atoms with Crippen molar-refractivity contribution in [2.75, 3.05) is 39.5 Å². The highest BCUT2D eigenvalue weighted by Gasteiger charge is 2.33. The van der Waals surface area contributed by atoms with Gasteiger partial charge in [0, 0.05) is 44.9 Å². The van der Waals surface area contributed by atoms with Crippen molar-refractivity contribution in [3.63, 3.8) is 0 Å². The predicted molar refractivity (Wildman–Crippen MR) is 112 cm³/mol. The van der Waals surface area contributed by atoms with Gasteiger partial charge in [-0.1, -0.05) is 19.3 Å². The number of carbonyl (C=O) groups is 1. The minimum Gasteiger partial charge on any atom is -0.387 e. The molecular weight excluding hydrogens is 352 g/mol. The SMILES string of the molecule is CCOC[C@H]1CC[C@@H](N2CCC(N(CC3CCCCC3)C(=O)CO)CC2)CC1. The number of hydrogen-bond acceptors (Lipinski definition) is 4. The Morgan fingerprint density at radius 1 is 0.964 bits per heavy atom. The van der Waals surface area contributed by atoms with E-state index in [0.29, 0.717) is 12.0 Å². The van der Waals surface area contributed by atoms with Gasteiger partial charge in [0.25, 0.3) is 0 Å². The lowest BCUT2D eigenvalue weighted by Crippen LogP contribution is -2.52. The van der Waals surface area contributed by atoms with E-state index in [-0.39, 0.29) is 12.5 Å². The first-order valence-corrected chi connectivity index (χ1v) is 11.9. The third-order valence-corrected chi connectivity index (χ3v) is 7.47. The van der Waals surface area contributed by atoms with Gasteiger partial charge >= 0.3 is 0 Å². The van der Waals surface area contributed by atoms with Crippen LogP contribution in [0.2, 0.25) is 0 Å². The number of piperidine rings is 1. The van der Waals surface area contributed by atoms with Gasteiger partial charge in [0.1, 0.15) is 6.61 Å². The molecule has 5 heteroatoms. The smallest absolute Gasteiger partial charge is 0.248 e. The van der Waals surface area contributed by atoms with Crippen LogP contribution in [0.3, 0.4) is 0 Å². The van der Waals surface area contributed by atoms with Crippen LogP contribution in [-0.4, -0.2) is 72.4 Å². The highest BCUT2D eigenvalue weighted by atomic mass is 16.5. The standard InChI is InChI=1S/C23H42N2O3/c1-2-28-18-20-8-10-21(11-9-20)24-14-12-22(13-15-24)25(23(27)17-26)16-19-6-4-3-5-7-19/h19-22,26H,2-18H2,1H3/t20-,21+. The zero-order valence-electron chi connectivity index (χ0n) is 18.0. The fraction of sp³-hybridized carbons (Fsp3) is 0.957. The number of aliphatic hydroxyl groups excluding tert-OH is 1. The molecule has 0 radical (unpaired) electrons. The normalized spacial score (nSPS) is 28.4. The Balaban J connectivity index is 1.45. The minimum absolute atomic E-state index is 0.0551. The Labute approximate surface area is 171 Å². The summed E-state index contributed by atoms with van der Waals surface area (Å²) in [6.45, 7) is 6.58. The van der Waals surface area contributed by atoms with Gasteiger partial charge in [0.05, 0.1) is 0 Å². The van der Waals surface area contributed by atoms with Crippen LogP contribution in [0.25, 0.3) is 0 Å². The van der Waals surface area contributed by atoms with Gasteiger partial charge in [-0.3, -0.25) is 4.79 Å². The number of hydrogen-bond donors (Lipinski definition) is 1. The van der Waals surface area contributed by atoms with Gasteiger partial charge in [-0.05, 0) is 70.1 Å². The van der Waals surface area contributed by atoms with E-state index >= 15 is 0 Å². The summed E-state index contributed by atoms with van der Waals surface area (Å²) in [4.78, 5) is 17.2. The molecule has 162 valence electrons. The summed E-state index contributed by atoms with van der Waals surface area (Å²) >= 11 is 0. The zero-order valence-corrected chi connectivity index (χ0v) is 18.0. The van der Waals surface area contributed by atoms with E-state index in [0.717, 1.165) is 57.6 Å². The van der Waals surface area contributed by atoms with Crippen molar-refractivity contribution in [1.29, 1.82) is 0 Å². The molecule has 1 heterocycles. The molecular formula is C23H42N2O3. The summed E-state index contributed by atoms with van der Waals surface area (Å²) in [7, 11) is 0. The lowest BCUT2D eigenvalue weighted by Gasteiger charge is -2.44. The Kier molecular flexibility index (Phi) is 9.06. The maximum atomic E-state index is 12.4. The van der Waals surface area contributed by atoms with Gasteiger partial charge in [-0.2, -0.15) is 0 Å². The average molecular weight is 395 g/mol. The summed E-state index contributed by atoms with van der Waals surface area (Å²) in [5, 5.41) is 9.50. The second-order valence-electron chi connectivity index (χ2n) is 9.31. The van der Waals surface area contributed by atoms with Gasteiger partial charge in [0.2, 0.25) is 5.91 Å². The Hall–Kier alpha value is -0.650. The molecule has 3 rings (SSSR count). The number of nitrogens with zero attached hydrogens (tertiary/aromatic N) is 2. The van der Waals surface area contributed by atoms with Gasteiger partial charge in [-0.25, -0.2) is 0 Å². The molecule has 3 aliphatic rings. The van der Waals surface area contributed by atoms with E-state index in [9.17, 15) is 9.90 Å². The van der Waals surface area contributed by atoms with Crippen LogP contribution in [0.15, 0.2) is 0 Å². The fourth-order valence-electron chi connectivity index (χ4n) is 5.72.